The molecule has 1 unspecified atom stereocenters. The molecule has 1 aliphatic rings. The second-order valence-electron chi connectivity index (χ2n) is 5.21. The monoisotopic (exact) mass is 265 g/mol. The first-order chi connectivity index (χ1) is 8.61. The van der Waals surface area contributed by atoms with Crippen molar-refractivity contribution in [3.05, 3.63) is 23.8 Å². The number of thioether (sulfide) groups is 1. The molecule has 0 radical (unpaired) electrons. The van der Waals surface area contributed by atoms with E-state index in [-0.39, 0.29) is 6.04 Å². The Morgan fingerprint density at radius 1 is 1.33 bits per heavy atom. The minimum Gasteiger partial charge on any atom is -0.496 e. The highest BCUT2D eigenvalue weighted by atomic mass is 32.2. The van der Waals surface area contributed by atoms with Crippen LogP contribution < -0.4 is 10.5 Å². The fourth-order valence-electron chi connectivity index (χ4n) is 2.15. The Balaban J connectivity index is 2.17. The van der Waals surface area contributed by atoms with E-state index >= 15 is 0 Å². The first kappa shape index (κ1) is 13.8. The van der Waals surface area contributed by atoms with Gasteiger partial charge in [-0.25, -0.2) is 0 Å². The molecule has 0 spiro atoms. The molecule has 2 atom stereocenters. The van der Waals surface area contributed by atoms with E-state index in [1.54, 1.807) is 7.11 Å². The molecule has 18 heavy (non-hydrogen) atoms. The van der Waals surface area contributed by atoms with Crippen molar-refractivity contribution < 1.29 is 4.74 Å². The summed E-state index contributed by atoms with van der Waals surface area (Å²) in [6, 6.07) is 6.75. The lowest BCUT2D eigenvalue weighted by Crippen LogP contribution is -2.26. The lowest BCUT2D eigenvalue weighted by atomic mass is 9.80. The maximum Gasteiger partial charge on any atom is 0.122 e. The zero-order valence-corrected chi connectivity index (χ0v) is 12.3. The molecular formula is C15H23NOS. The molecule has 1 aromatic rings. The van der Waals surface area contributed by atoms with E-state index in [0.29, 0.717) is 11.2 Å². The van der Waals surface area contributed by atoms with Gasteiger partial charge in [-0.3, -0.25) is 0 Å². The molecule has 2 nitrogen and oxygen atoms in total. The van der Waals surface area contributed by atoms with Crippen LogP contribution in [-0.2, 0) is 0 Å². The van der Waals surface area contributed by atoms with Gasteiger partial charge in [0.25, 0.3) is 0 Å². The minimum absolute atomic E-state index is 0.212. The fraction of sp³-hybridized carbons (Fsp3) is 0.600. The smallest absolute Gasteiger partial charge is 0.122 e. The molecule has 0 aliphatic heterocycles. The van der Waals surface area contributed by atoms with Gasteiger partial charge in [0, 0.05) is 16.2 Å². The summed E-state index contributed by atoms with van der Waals surface area (Å²) >= 11 is 1.86. The maximum absolute atomic E-state index is 5.93. The Morgan fingerprint density at radius 3 is 2.56 bits per heavy atom. The summed E-state index contributed by atoms with van der Waals surface area (Å²) in [5.41, 5.74) is 7.31. The predicted molar refractivity (Wildman–Crippen MR) is 78.6 cm³/mol. The second kappa shape index (κ2) is 5.98. The average molecular weight is 265 g/mol. The average Bonchev–Trinajstić information content (AvgIpc) is 2.27. The van der Waals surface area contributed by atoms with Crippen LogP contribution in [0.25, 0.3) is 0 Å². The van der Waals surface area contributed by atoms with Gasteiger partial charge in [-0.05, 0) is 49.4 Å². The topological polar surface area (TPSA) is 35.2 Å². The molecule has 1 aliphatic carbocycles. The fourth-order valence-corrected chi connectivity index (χ4v) is 3.13. The van der Waals surface area contributed by atoms with Crippen LogP contribution in [0.2, 0.25) is 0 Å². The van der Waals surface area contributed by atoms with Crippen LogP contribution in [0.4, 0.5) is 0 Å². The van der Waals surface area contributed by atoms with Crippen molar-refractivity contribution in [1.82, 2.24) is 0 Å². The molecule has 0 heterocycles. The summed E-state index contributed by atoms with van der Waals surface area (Å²) in [6.45, 7) is 4.25. The van der Waals surface area contributed by atoms with Gasteiger partial charge < -0.3 is 10.5 Å². The van der Waals surface area contributed by atoms with E-state index < -0.39 is 0 Å². The third-order valence-electron chi connectivity index (χ3n) is 3.81. The van der Waals surface area contributed by atoms with Crippen molar-refractivity contribution in [2.75, 3.05) is 7.11 Å². The van der Waals surface area contributed by atoms with Gasteiger partial charge >= 0.3 is 0 Å². The van der Waals surface area contributed by atoms with E-state index in [0.717, 1.165) is 5.75 Å². The molecule has 1 aromatic carbocycles. The van der Waals surface area contributed by atoms with Crippen molar-refractivity contribution >= 4 is 11.8 Å². The van der Waals surface area contributed by atoms with Crippen molar-refractivity contribution in [1.29, 1.82) is 0 Å². The van der Waals surface area contributed by atoms with Gasteiger partial charge in [-0.2, -0.15) is 0 Å². The van der Waals surface area contributed by atoms with Crippen LogP contribution in [-0.4, -0.2) is 18.4 Å². The van der Waals surface area contributed by atoms with Crippen LogP contribution in [0, 0.1) is 0 Å². The van der Waals surface area contributed by atoms with Crippen molar-refractivity contribution in [2.24, 2.45) is 5.73 Å². The zero-order valence-electron chi connectivity index (χ0n) is 11.5. The van der Waals surface area contributed by atoms with Gasteiger partial charge in [-0.1, -0.05) is 13.3 Å². The summed E-state index contributed by atoms with van der Waals surface area (Å²) < 4.78 is 5.48. The highest BCUT2D eigenvalue weighted by Gasteiger charge is 2.23. The third kappa shape index (κ3) is 3.01. The summed E-state index contributed by atoms with van der Waals surface area (Å²) in [6.07, 6.45) is 3.95. The molecule has 100 valence electrons. The van der Waals surface area contributed by atoms with Gasteiger partial charge in [0.15, 0.2) is 0 Å². The Morgan fingerprint density at radius 2 is 2.06 bits per heavy atom. The second-order valence-corrected chi connectivity index (χ2v) is 6.66. The molecule has 3 heteroatoms. The van der Waals surface area contributed by atoms with Gasteiger partial charge in [0.1, 0.15) is 5.75 Å². The van der Waals surface area contributed by atoms with Crippen LogP contribution in [0.3, 0.4) is 0 Å². The van der Waals surface area contributed by atoms with Crippen LogP contribution >= 0.6 is 11.8 Å². The number of methoxy groups -OCH3 is 1. The SMILES string of the molecule is COc1ccc(S[C@@H](C)C(C)N)cc1C1CCC1. The Bertz CT molecular complexity index is 401. The first-order valence-corrected chi connectivity index (χ1v) is 7.60. The number of hydrogen-bond acceptors (Lipinski definition) is 3. The highest BCUT2D eigenvalue weighted by molar-refractivity contribution is 8.00. The van der Waals surface area contributed by atoms with Crippen LogP contribution in [0.15, 0.2) is 23.1 Å². The maximum atomic E-state index is 5.93. The Hall–Kier alpha value is -0.670. The van der Waals surface area contributed by atoms with Crippen molar-refractivity contribution in [3.8, 4) is 5.75 Å². The van der Waals surface area contributed by atoms with E-state index in [1.807, 2.05) is 11.8 Å². The number of benzene rings is 1. The molecule has 0 bridgehead atoms. The van der Waals surface area contributed by atoms with E-state index in [9.17, 15) is 0 Å². The summed E-state index contributed by atoms with van der Waals surface area (Å²) in [5, 5.41) is 0.438. The number of hydrogen-bond donors (Lipinski definition) is 1. The molecule has 0 saturated heterocycles. The van der Waals surface area contributed by atoms with Gasteiger partial charge in [-0.15, -0.1) is 11.8 Å². The standard InChI is InChI=1S/C15H23NOS/c1-10(16)11(2)18-13-7-8-15(17-3)14(9-13)12-5-4-6-12/h7-12H,4-6,16H2,1-3H3/t10?,11-/m0/s1. The summed E-state index contributed by atoms with van der Waals surface area (Å²) in [4.78, 5) is 1.31. The molecule has 2 N–H and O–H groups in total. The van der Waals surface area contributed by atoms with E-state index in [2.05, 4.69) is 32.0 Å². The lowest BCUT2D eigenvalue weighted by molar-refractivity contribution is 0.373. The molecular weight excluding hydrogens is 242 g/mol. The molecule has 0 amide bonds. The minimum atomic E-state index is 0.212. The number of rotatable bonds is 5. The summed E-state index contributed by atoms with van der Waals surface area (Å²) in [5.74, 6) is 1.74. The Kier molecular flexibility index (Phi) is 4.57. The molecule has 0 aromatic heterocycles. The van der Waals surface area contributed by atoms with E-state index in [1.165, 1.54) is 29.7 Å². The van der Waals surface area contributed by atoms with Crippen LogP contribution in [0.5, 0.6) is 5.75 Å². The van der Waals surface area contributed by atoms with Crippen LogP contribution in [0.1, 0.15) is 44.6 Å². The van der Waals surface area contributed by atoms with Crippen molar-refractivity contribution in [3.63, 3.8) is 0 Å². The predicted octanol–water partition coefficient (Wildman–Crippen LogP) is 3.79. The quantitative estimate of drug-likeness (QED) is 0.823. The number of nitrogens with two attached hydrogens (primary N) is 1. The molecule has 2 rings (SSSR count). The summed E-state index contributed by atoms with van der Waals surface area (Å²) in [7, 11) is 1.76. The van der Waals surface area contributed by atoms with Gasteiger partial charge in [0.2, 0.25) is 0 Å². The third-order valence-corrected chi connectivity index (χ3v) is 5.14. The molecule has 1 fully saturated rings. The lowest BCUT2D eigenvalue weighted by Gasteiger charge is -2.28. The Labute approximate surface area is 114 Å². The van der Waals surface area contributed by atoms with Gasteiger partial charge in [0.05, 0.1) is 7.11 Å². The first-order valence-electron chi connectivity index (χ1n) is 6.72. The highest BCUT2D eigenvalue weighted by Crippen LogP contribution is 2.42. The van der Waals surface area contributed by atoms with Crippen molar-refractivity contribution in [2.45, 2.75) is 55.2 Å². The largest absolute Gasteiger partial charge is 0.496 e. The normalized spacial score (nSPS) is 19.1. The zero-order chi connectivity index (χ0) is 13.1. The molecule has 1 saturated carbocycles. The van der Waals surface area contributed by atoms with E-state index in [4.69, 9.17) is 10.5 Å². The number of ether oxygens (including phenoxy) is 1.